The van der Waals surface area contributed by atoms with E-state index in [1.54, 1.807) is 0 Å². The number of aromatic nitrogens is 4. The second-order valence-corrected chi connectivity index (χ2v) is 14.2. The molecule has 0 unspecified atom stereocenters. The largest absolute Gasteiger partial charge is 0.309 e. The molecule has 3 heterocycles. The van der Waals surface area contributed by atoms with Gasteiger partial charge < -0.3 is 4.57 Å². The van der Waals surface area contributed by atoms with Crippen molar-refractivity contribution >= 4 is 43.2 Å². The van der Waals surface area contributed by atoms with Gasteiger partial charge in [0.1, 0.15) is 0 Å². The SMILES string of the molecule is c1ccc(-c2nc(-c3ccccc3)nc(-c3cccc(-n4c5cccc6c5c5c7c(c(-c8ccccc8)sc7ccc54)-c4ccccc4-6)c3)n2)cc1. The van der Waals surface area contributed by atoms with Gasteiger partial charge in [0.25, 0.3) is 0 Å². The number of hydrogen-bond donors (Lipinski definition) is 0. The van der Waals surface area contributed by atoms with Crippen LogP contribution >= 0.6 is 11.3 Å². The van der Waals surface area contributed by atoms with Crippen molar-refractivity contribution in [3.05, 3.63) is 170 Å². The van der Waals surface area contributed by atoms with E-state index in [0.717, 1.165) is 22.4 Å². The minimum Gasteiger partial charge on any atom is -0.309 e. The van der Waals surface area contributed by atoms with E-state index in [2.05, 4.69) is 114 Å². The van der Waals surface area contributed by atoms with E-state index in [0.29, 0.717) is 17.5 Å². The van der Waals surface area contributed by atoms with Gasteiger partial charge in [-0.1, -0.05) is 140 Å². The number of benzene rings is 7. The van der Waals surface area contributed by atoms with Crippen molar-refractivity contribution in [3.63, 3.8) is 0 Å². The van der Waals surface area contributed by atoms with Crippen molar-refractivity contribution in [1.29, 1.82) is 0 Å². The quantitative estimate of drug-likeness (QED) is 0.182. The molecular weight excluding hydrogens is 653 g/mol. The van der Waals surface area contributed by atoms with Gasteiger partial charge in [-0.2, -0.15) is 0 Å². The third kappa shape index (κ3) is 4.36. The Kier molecular flexibility index (Phi) is 6.39. The number of nitrogens with zero attached hydrogens (tertiary/aromatic N) is 4. The smallest absolute Gasteiger partial charge is 0.164 e. The van der Waals surface area contributed by atoms with Gasteiger partial charge in [-0.3, -0.25) is 0 Å². The molecule has 0 bridgehead atoms. The zero-order valence-electron chi connectivity index (χ0n) is 27.9. The van der Waals surface area contributed by atoms with Crippen molar-refractivity contribution in [1.82, 2.24) is 19.5 Å². The van der Waals surface area contributed by atoms with Crippen LogP contribution in [0.2, 0.25) is 0 Å². The highest BCUT2D eigenvalue weighted by molar-refractivity contribution is 7.23. The zero-order valence-corrected chi connectivity index (χ0v) is 28.7. The molecule has 0 saturated carbocycles. The molecule has 0 N–H and O–H groups in total. The summed E-state index contributed by atoms with van der Waals surface area (Å²) < 4.78 is 3.72. The van der Waals surface area contributed by atoms with Crippen LogP contribution in [-0.2, 0) is 0 Å². The molecule has 1 aliphatic rings. The molecule has 5 heteroatoms. The topological polar surface area (TPSA) is 43.6 Å². The molecule has 3 aromatic heterocycles. The van der Waals surface area contributed by atoms with Crippen LogP contribution in [0.5, 0.6) is 0 Å². The summed E-state index contributed by atoms with van der Waals surface area (Å²) in [5.74, 6) is 1.94. The summed E-state index contributed by atoms with van der Waals surface area (Å²) in [6, 6.07) is 60.0. The Balaban J connectivity index is 1.18. The third-order valence-electron chi connectivity index (χ3n) is 10.2. The van der Waals surface area contributed by atoms with Gasteiger partial charge in [-0.25, -0.2) is 15.0 Å². The van der Waals surface area contributed by atoms with Crippen LogP contribution in [0.1, 0.15) is 0 Å². The van der Waals surface area contributed by atoms with Crippen LogP contribution in [-0.4, -0.2) is 19.5 Å². The fraction of sp³-hybridized carbons (Fsp3) is 0. The van der Waals surface area contributed by atoms with Crippen molar-refractivity contribution in [2.45, 2.75) is 0 Å². The summed E-state index contributed by atoms with van der Waals surface area (Å²) in [5.41, 5.74) is 12.6. The normalized spacial score (nSPS) is 11.8. The molecule has 0 spiro atoms. The van der Waals surface area contributed by atoms with Gasteiger partial charge in [0, 0.05) is 53.7 Å². The Morgan fingerprint density at radius 1 is 0.385 bits per heavy atom. The molecule has 52 heavy (non-hydrogen) atoms. The van der Waals surface area contributed by atoms with E-state index in [-0.39, 0.29) is 0 Å². The van der Waals surface area contributed by atoms with E-state index in [1.807, 2.05) is 72.0 Å². The minimum atomic E-state index is 0.640. The number of hydrogen-bond acceptors (Lipinski definition) is 4. The maximum absolute atomic E-state index is 5.05. The lowest BCUT2D eigenvalue weighted by atomic mass is 9.93. The van der Waals surface area contributed by atoms with E-state index in [1.165, 1.54) is 64.6 Å². The van der Waals surface area contributed by atoms with E-state index in [4.69, 9.17) is 15.0 Å². The fourth-order valence-corrected chi connectivity index (χ4v) is 9.18. The van der Waals surface area contributed by atoms with Crippen LogP contribution in [0.4, 0.5) is 0 Å². The Morgan fingerprint density at radius 3 is 1.62 bits per heavy atom. The molecule has 0 fully saturated rings. The molecule has 11 rings (SSSR count). The standard InChI is InChI=1S/C47H28N4S/c1-4-14-29(15-5-1)44-41-36-23-11-10-22-34(36)35-24-13-25-37-40(35)42-38(26-27-39(52-44)43(41)42)51(37)33-21-12-20-32(28-33)47-49-45(30-16-6-2-7-17-30)48-46(50-47)31-18-8-3-9-19-31/h1-28H. The number of rotatable bonds is 5. The van der Waals surface area contributed by atoms with Gasteiger partial charge in [0.05, 0.1) is 11.0 Å². The first-order valence-corrected chi connectivity index (χ1v) is 18.3. The van der Waals surface area contributed by atoms with Crippen LogP contribution in [0, 0.1) is 0 Å². The monoisotopic (exact) mass is 680 g/mol. The Hall–Kier alpha value is -6.69. The lowest BCUT2D eigenvalue weighted by Gasteiger charge is -2.14. The average molecular weight is 681 g/mol. The third-order valence-corrected chi connectivity index (χ3v) is 11.4. The molecule has 0 amide bonds. The van der Waals surface area contributed by atoms with Crippen molar-refractivity contribution < 1.29 is 0 Å². The molecule has 0 saturated heterocycles. The molecule has 242 valence electrons. The molecule has 0 radical (unpaired) electrons. The van der Waals surface area contributed by atoms with Crippen LogP contribution < -0.4 is 0 Å². The van der Waals surface area contributed by atoms with Crippen LogP contribution in [0.25, 0.3) is 104 Å². The lowest BCUT2D eigenvalue weighted by Crippen LogP contribution is -2.01. The zero-order chi connectivity index (χ0) is 34.2. The summed E-state index contributed by atoms with van der Waals surface area (Å²) in [4.78, 5) is 16.3. The Morgan fingerprint density at radius 2 is 0.923 bits per heavy atom. The van der Waals surface area contributed by atoms with Gasteiger partial charge in [0.15, 0.2) is 17.5 Å². The van der Waals surface area contributed by atoms with Crippen molar-refractivity contribution in [2.75, 3.05) is 0 Å². The van der Waals surface area contributed by atoms with Gasteiger partial charge in [-0.15, -0.1) is 11.3 Å². The first-order chi connectivity index (χ1) is 25.8. The van der Waals surface area contributed by atoms with Crippen LogP contribution in [0.15, 0.2) is 170 Å². The lowest BCUT2D eigenvalue weighted by molar-refractivity contribution is 1.07. The molecule has 0 atom stereocenters. The molecule has 0 aliphatic heterocycles. The average Bonchev–Trinajstić information content (AvgIpc) is 3.74. The van der Waals surface area contributed by atoms with Crippen molar-refractivity contribution in [3.8, 4) is 72.5 Å². The summed E-state index contributed by atoms with van der Waals surface area (Å²) >= 11 is 1.89. The molecular formula is C47H28N4S. The first kappa shape index (κ1) is 29.1. The molecule has 4 nitrogen and oxygen atoms in total. The minimum absolute atomic E-state index is 0.640. The first-order valence-electron chi connectivity index (χ1n) is 17.5. The summed E-state index contributed by atoms with van der Waals surface area (Å²) in [5, 5.41) is 3.92. The van der Waals surface area contributed by atoms with Gasteiger partial charge in [0.2, 0.25) is 0 Å². The second-order valence-electron chi connectivity index (χ2n) is 13.2. The fourth-order valence-electron chi connectivity index (χ4n) is 7.95. The Bertz CT molecular complexity index is 2940. The highest BCUT2D eigenvalue weighted by Gasteiger charge is 2.28. The predicted octanol–water partition coefficient (Wildman–Crippen LogP) is 12.5. The molecule has 1 aliphatic carbocycles. The highest BCUT2D eigenvalue weighted by atomic mass is 32.1. The van der Waals surface area contributed by atoms with Gasteiger partial charge in [-0.05, 0) is 52.6 Å². The second kappa shape index (κ2) is 11.4. The highest BCUT2D eigenvalue weighted by Crippen LogP contribution is 2.55. The predicted molar refractivity (Wildman–Crippen MR) is 216 cm³/mol. The number of fused-ring (bicyclic) bond motifs is 3. The summed E-state index contributed by atoms with van der Waals surface area (Å²) in [7, 11) is 0. The van der Waals surface area contributed by atoms with Crippen LogP contribution in [0.3, 0.4) is 0 Å². The van der Waals surface area contributed by atoms with Gasteiger partial charge >= 0.3 is 0 Å². The number of thiophene rings is 1. The van der Waals surface area contributed by atoms with E-state index < -0.39 is 0 Å². The summed E-state index contributed by atoms with van der Waals surface area (Å²) in [6.07, 6.45) is 0. The van der Waals surface area contributed by atoms with Crippen molar-refractivity contribution in [2.24, 2.45) is 0 Å². The van der Waals surface area contributed by atoms with E-state index >= 15 is 0 Å². The molecule has 7 aromatic carbocycles. The maximum Gasteiger partial charge on any atom is 0.164 e. The summed E-state index contributed by atoms with van der Waals surface area (Å²) in [6.45, 7) is 0. The molecule has 10 aromatic rings. The Labute approximate surface area is 304 Å². The maximum atomic E-state index is 5.05. The van der Waals surface area contributed by atoms with E-state index in [9.17, 15) is 0 Å².